The van der Waals surface area contributed by atoms with Gasteiger partial charge in [-0.05, 0) is 60.5 Å². The van der Waals surface area contributed by atoms with Crippen LogP contribution in [-0.2, 0) is 12.8 Å². The van der Waals surface area contributed by atoms with Crippen LogP contribution in [0.3, 0.4) is 0 Å². The number of aromatic nitrogens is 1. The van der Waals surface area contributed by atoms with E-state index < -0.39 is 0 Å². The summed E-state index contributed by atoms with van der Waals surface area (Å²) in [5.41, 5.74) is 4.29. The topological polar surface area (TPSA) is 39.8 Å². The van der Waals surface area contributed by atoms with E-state index >= 15 is 0 Å². The van der Waals surface area contributed by atoms with Crippen molar-refractivity contribution in [2.75, 3.05) is 11.9 Å². The highest BCUT2D eigenvalue weighted by Crippen LogP contribution is 2.19. The maximum absolute atomic E-state index is 13.4. The molecule has 0 amide bonds. The van der Waals surface area contributed by atoms with Crippen LogP contribution in [-0.4, -0.2) is 16.6 Å². The van der Waals surface area contributed by atoms with E-state index in [0.717, 1.165) is 35.0 Å². The summed E-state index contributed by atoms with van der Waals surface area (Å²) in [7, 11) is 0. The van der Waals surface area contributed by atoms with Gasteiger partial charge in [-0.3, -0.25) is 0 Å². The SMILES string of the molecule is CCc1ccccc1NC(=S)NCCc1c[nH]c2ccc(F)cc12. The predicted molar refractivity (Wildman–Crippen MR) is 102 cm³/mol. The zero-order valence-electron chi connectivity index (χ0n) is 13.5. The molecule has 0 saturated heterocycles. The van der Waals surface area contributed by atoms with Gasteiger partial charge in [0.15, 0.2) is 5.11 Å². The average Bonchev–Trinajstić information content (AvgIpc) is 2.97. The number of aromatic amines is 1. The molecule has 5 heteroatoms. The zero-order valence-corrected chi connectivity index (χ0v) is 14.3. The summed E-state index contributed by atoms with van der Waals surface area (Å²) in [5.74, 6) is -0.218. The Morgan fingerprint density at radius 3 is 2.83 bits per heavy atom. The minimum Gasteiger partial charge on any atom is -0.362 e. The molecule has 1 aromatic heterocycles. The van der Waals surface area contributed by atoms with Crippen molar-refractivity contribution in [3.63, 3.8) is 0 Å². The molecule has 0 bridgehead atoms. The Morgan fingerprint density at radius 1 is 1.17 bits per heavy atom. The van der Waals surface area contributed by atoms with Crippen molar-refractivity contribution in [2.45, 2.75) is 19.8 Å². The molecule has 0 aliphatic heterocycles. The van der Waals surface area contributed by atoms with Crippen LogP contribution >= 0.6 is 12.2 Å². The van der Waals surface area contributed by atoms with E-state index in [4.69, 9.17) is 12.2 Å². The third-order valence-electron chi connectivity index (χ3n) is 4.06. The molecule has 3 N–H and O–H groups in total. The number of H-pyrrole nitrogens is 1. The van der Waals surface area contributed by atoms with Gasteiger partial charge >= 0.3 is 0 Å². The van der Waals surface area contributed by atoms with Crippen LogP contribution in [0.15, 0.2) is 48.7 Å². The first-order chi connectivity index (χ1) is 11.7. The monoisotopic (exact) mass is 341 g/mol. The summed E-state index contributed by atoms with van der Waals surface area (Å²) in [6.07, 6.45) is 3.64. The second-order valence-electron chi connectivity index (χ2n) is 5.65. The highest BCUT2D eigenvalue weighted by molar-refractivity contribution is 7.80. The van der Waals surface area contributed by atoms with E-state index in [2.05, 4.69) is 28.6 Å². The highest BCUT2D eigenvalue weighted by Gasteiger charge is 2.06. The first kappa shape index (κ1) is 16.5. The van der Waals surface area contributed by atoms with Gasteiger partial charge in [0.2, 0.25) is 0 Å². The van der Waals surface area contributed by atoms with E-state index in [-0.39, 0.29) is 5.82 Å². The van der Waals surface area contributed by atoms with Crippen molar-refractivity contribution in [1.29, 1.82) is 0 Å². The molecular formula is C19H20FN3S. The van der Waals surface area contributed by atoms with Crippen molar-refractivity contribution >= 4 is 33.9 Å². The lowest BCUT2D eigenvalue weighted by molar-refractivity contribution is 0.629. The van der Waals surface area contributed by atoms with Crippen LogP contribution in [0.5, 0.6) is 0 Å². The van der Waals surface area contributed by atoms with Crippen LogP contribution in [0.4, 0.5) is 10.1 Å². The third-order valence-corrected chi connectivity index (χ3v) is 4.30. The summed E-state index contributed by atoms with van der Waals surface area (Å²) in [6.45, 7) is 2.80. The van der Waals surface area contributed by atoms with Crippen LogP contribution in [0, 0.1) is 5.82 Å². The van der Waals surface area contributed by atoms with Gasteiger partial charge in [0.05, 0.1) is 0 Å². The molecule has 124 valence electrons. The lowest BCUT2D eigenvalue weighted by atomic mass is 10.1. The van der Waals surface area contributed by atoms with E-state index in [1.54, 1.807) is 12.1 Å². The highest BCUT2D eigenvalue weighted by atomic mass is 32.1. The molecule has 0 saturated carbocycles. The number of rotatable bonds is 5. The van der Waals surface area contributed by atoms with Crippen LogP contribution in [0.1, 0.15) is 18.1 Å². The van der Waals surface area contributed by atoms with Gasteiger partial charge in [-0.1, -0.05) is 25.1 Å². The van der Waals surface area contributed by atoms with Crippen molar-refractivity contribution in [2.24, 2.45) is 0 Å². The summed E-state index contributed by atoms with van der Waals surface area (Å²) in [4.78, 5) is 3.17. The summed E-state index contributed by atoms with van der Waals surface area (Å²) in [6, 6.07) is 12.9. The molecule has 0 fully saturated rings. The van der Waals surface area contributed by atoms with Gasteiger partial charge in [-0.15, -0.1) is 0 Å². The maximum Gasteiger partial charge on any atom is 0.170 e. The van der Waals surface area contributed by atoms with Crippen molar-refractivity contribution in [1.82, 2.24) is 10.3 Å². The number of anilines is 1. The van der Waals surface area contributed by atoms with Crippen molar-refractivity contribution in [3.05, 3.63) is 65.6 Å². The fourth-order valence-corrected chi connectivity index (χ4v) is 3.00. The number of halogens is 1. The molecule has 0 unspecified atom stereocenters. The standard InChI is InChI=1S/C19H20FN3S/c1-2-13-5-3-4-6-17(13)23-19(24)21-10-9-14-12-22-18-8-7-15(20)11-16(14)18/h3-8,11-12,22H,2,9-10H2,1H3,(H2,21,23,24). The van der Waals surface area contributed by atoms with Gasteiger partial charge < -0.3 is 15.6 Å². The van der Waals surface area contributed by atoms with Crippen LogP contribution in [0.25, 0.3) is 10.9 Å². The number of nitrogens with one attached hydrogen (secondary N) is 3. The maximum atomic E-state index is 13.4. The van der Waals surface area contributed by atoms with Crippen LogP contribution in [0.2, 0.25) is 0 Å². The molecule has 0 aliphatic rings. The smallest absolute Gasteiger partial charge is 0.170 e. The van der Waals surface area contributed by atoms with E-state index in [1.807, 2.05) is 24.4 Å². The van der Waals surface area contributed by atoms with E-state index in [9.17, 15) is 4.39 Å². The summed E-state index contributed by atoms with van der Waals surface area (Å²) in [5, 5.41) is 7.98. The number of benzene rings is 2. The Bertz CT molecular complexity index is 857. The van der Waals surface area contributed by atoms with Gasteiger partial charge in [0.1, 0.15) is 5.82 Å². The first-order valence-corrected chi connectivity index (χ1v) is 8.46. The molecular weight excluding hydrogens is 321 g/mol. The summed E-state index contributed by atoms with van der Waals surface area (Å²) >= 11 is 5.36. The first-order valence-electron chi connectivity index (χ1n) is 8.05. The number of hydrogen-bond donors (Lipinski definition) is 3. The van der Waals surface area contributed by atoms with Crippen molar-refractivity contribution in [3.8, 4) is 0 Å². The van der Waals surface area contributed by atoms with Crippen LogP contribution < -0.4 is 10.6 Å². The average molecular weight is 341 g/mol. The number of aryl methyl sites for hydroxylation is 1. The van der Waals surface area contributed by atoms with Gasteiger partial charge in [0, 0.05) is 29.3 Å². The van der Waals surface area contributed by atoms with E-state index in [0.29, 0.717) is 11.7 Å². The summed E-state index contributed by atoms with van der Waals surface area (Å²) < 4.78 is 13.4. The minimum atomic E-state index is -0.218. The second-order valence-corrected chi connectivity index (χ2v) is 6.05. The molecule has 2 aromatic carbocycles. The molecule has 0 spiro atoms. The van der Waals surface area contributed by atoms with E-state index in [1.165, 1.54) is 11.6 Å². The lowest BCUT2D eigenvalue weighted by Crippen LogP contribution is -2.30. The molecule has 24 heavy (non-hydrogen) atoms. The number of thiocarbonyl (C=S) groups is 1. The lowest BCUT2D eigenvalue weighted by Gasteiger charge is -2.13. The number of para-hydroxylation sites is 1. The number of hydrogen-bond acceptors (Lipinski definition) is 1. The number of fused-ring (bicyclic) bond motifs is 1. The van der Waals surface area contributed by atoms with Gasteiger partial charge in [0.25, 0.3) is 0 Å². The zero-order chi connectivity index (χ0) is 16.9. The third kappa shape index (κ3) is 3.74. The Hall–Kier alpha value is -2.40. The molecule has 3 aromatic rings. The van der Waals surface area contributed by atoms with Gasteiger partial charge in [-0.25, -0.2) is 4.39 Å². The Kier molecular flexibility index (Phi) is 5.11. The fraction of sp³-hybridized carbons (Fsp3) is 0.211. The van der Waals surface area contributed by atoms with Crippen molar-refractivity contribution < 1.29 is 4.39 Å². The predicted octanol–water partition coefficient (Wildman–Crippen LogP) is 4.40. The largest absolute Gasteiger partial charge is 0.362 e. The fourth-order valence-electron chi connectivity index (χ4n) is 2.79. The molecule has 0 radical (unpaired) electrons. The molecule has 3 rings (SSSR count). The normalized spacial score (nSPS) is 10.8. The molecule has 1 heterocycles. The molecule has 0 aliphatic carbocycles. The second kappa shape index (κ2) is 7.45. The Labute approximate surface area is 146 Å². The Morgan fingerprint density at radius 2 is 2.00 bits per heavy atom. The van der Waals surface area contributed by atoms with Gasteiger partial charge in [-0.2, -0.15) is 0 Å². The molecule has 0 atom stereocenters. The minimum absolute atomic E-state index is 0.218. The quantitative estimate of drug-likeness (QED) is 0.603. The Balaban J connectivity index is 1.57. The molecule has 3 nitrogen and oxygen atoms in total.